The molecule has 8 nitrogen and oxygen atoms in total. The van der Waals surface area contributed by atoms with E-state index in [1.165, 1.54) is 0 Å². The first-order valence-corrected chi connectivity index (χ1v) is 12.9. The quantitative estimate of drug-likeness (QED) is 0.414. The summed E-state index contributed by atoms with van der Waals surface area (Å²) in [6.07, 6.45) is 4.73. The number of aromatic nitrogens is 1. The van der Waals surface area contributed by atoms with Crippen molar-refractivity contribution in [3.8, 4) is 17.3 Å². The maximum Gasteiger partial charge on any atom is 0.251 e. The van der Waals surface area contributed by atoms with Gasteiger partial charge in [-0.05, 0) is 63.2 Å². The van der Waals surface area contributed by atoms with Gasteiger partial charge in [-0.3, -0.25) is 9.59 Å². The molecule has 1 aliphatic carbocycles. The fraction of sp³-hybridized carbons (Fsp3) is 0.520. The number of amides is 2. The number of hydrogen-bond acceptors (Lipinski definition) is 7. The molecule has 4 rings (SSSR count). The van der Waals surface area contributed by atoms with Crippen molar-refractivity contribution in [3.63, 3.8) is 0 Å². The zero-order chi connectivity index (χ0) is 24.0. The van der Waals surface area contributed by atoms with Crippen molar-refractivity contribution >= 4 is 28.3 Å². The summed E-state index contributed by atoms with van der Waals surface area (Å²) in [7, 11) is 0. The van der Waals surface area contributed by atoms with Gasteiger partial charge in [-0.1, -0.05) is 19.1 Å². The minimum atomic E-state index is -0.624. The van der Waals surface area contributed by atoms with E-state index in [-0.39, 0.29) is 17.7 Å². The summed E-state index contributed by atoms with van der Waals surface area (Å²) in [5.41, 5.74) is 1.87. The second-order valence-corrected chi connectivity index (χ2v) is 10.2. The molecule has 2 aliphatic rings. The Bertz CT molecular complexity index is 1030. The number of thiazole rings is 1. The third-order valence-electron chi connectivity index (χ3n) is 6.41. The van der Waals surface area contributed by atoms with Crippen molar-refractivity contribution in [2.24, 2.45) is 5.92 Å². The van der Waals surface area contributed by atoms with E-state index in [4.69, 9.17) is 10.2 Å². The third-order valence-corrected chi connectivity index (χ3v) is 7.19. The predicted octanol–water partition coefficient (Wildman–Crippen LogP) is 3.29. The van der Waals surface area contributed by atoms with Gasteiger partial charge in [0, 0.05) is 35.5 Å². The SMILES string of the molecule is CC(CCNC(=O)c1ccc(-c2csc(NC3CCNCC3)n2)cc1)CC(=O)NC1(C#N)CC1. The highest BCUT2D eigenvalue weighted by atomic mass is 32.1. The van der Waals surface area contributed by atoms with Gasteiger partial charge in [0.2, 0.25) is 5.91 Å². The zero-order valence-electron chi connectivity index (χ0n) is 19.5. The van der Waals surface area contributed by atoms with E-state index in [2.05, 4.69) is 27.3 Å². The average molecular weight is 481 g/mol. The Kier molecular flexibility index (Phi) is 7.80. The van der Waals surface area contributed by atoms with Gasteiger partial charge in [0.15, 0.2) is 5.13 Å². The predicted molar refractivity (Wildman–Crippen MR) is 134 cm³/mol. The molecule has 2 amide bonds. The van der Waals surface area contributed by atoms with E-state index in [0.717, 1.165) is 55.2 Å². The van der Waals surface area contributed by atoms with Crippen LogP contribution in [0.3, 0.4) is 0 Å². The van der Waals surface area contributed by atoms with Crippen LogP contribution in [0.25, 0.3) is 11.3 Å². The van der Waals surface area contributed by atoms with E-state index in [1.807, 2.05) is 36.6 Å². The van der Waals surface area contributed by atoms with Crippen LogP contribution in [0.5, 0.6) is 0 Å². The number of benzene rings is 1. The number of carbonyl (C=O) groups excluding carboxylic acids is 2. The molecule has 2 fully saturated rings. The van der Waals surface area contributed by atoms with Crippen LogP contribution >= 0.6 is 11.3 Å². The van der Waals surface area contributed by atoms with Crippen molar-refractivity contribution in [1.82, 2.24) is 20.9 Å². The summed E-state index contributed by atoms with van der Waals surface area (Å²) in [5.74, 6) is -0.102. The van der Waals surface area contributed by atoms with Crippen LogP contribution in [-0.2, 0) is 4.79 Å². The van der Waals surface area contributed by atoms with Crippen LogP contribution < -0.4 is 21.3 Å². The van der Waals surface area contributed by atoms with Gasteiger partial charge in [0.05, 0.1) is 11.8 Å². The summed E-state index contributed by atoms with van der Waals surface area (Å²) in [4.78, 5) is 29.3. The van der Waals surface area contributed by atoms with Crippen molar-refractivity contribution in [2.45, 2.75) is 57.0 Å². The largest absolute Gasteiger partial charge is 0.359 e. The number of nitrogens with one attached hydrogen (secondary N) is 4. The maximum absolute atomic E-state index is 12.5. The normalized spacial score (nSPS) is 17.9. The molecule has 2 aromatic rings. The number of carbonyl (C=O) groups is 2. The minimum Gasteiger partial charge on any atom is -0.359 e. The van der Waals surface area contributed by atoms with Crippen LogP contribution in [-0.4, -0.2) is 48.0 Å². The zero-order valence-corrected chi connectivity index (χ0v) is 20.3. The first-order valence-electron chi connectivity index (χ1n) is 12.0. The molecule has 1 saturated heterocycles. The number of rotatable bonds is 10. The summed E-state index contributed by atoms with van der Waals surface area (Å²) in [5, 5.41) is 24.7. The fourth-order valence-corrected chi connectivity index (χ4v) is 4.86. The van der Waals surface area contributed by atoms with Gasteiger partial charge in [0.1, 0.15) is 5.54 Å². The molecule has 0 bridgehead atoms. The molecule has 4 N–H and O–H groups in total. The summed E-state index contributed by atoms with van der Waals surface area (Å²) in [6, 6.07) is 10.1. The van der Waals surface area contributed by atoms with Crippen LogP contribution in [0.1, 0.15) is 55.8 Å². The van der Waals surface area contributed by atoms with E-state index < -0.39 is 5.54 Å². The molecule has 180 valence electrons. The highest BCUT2D eigenvalue weighted by Gasteiger charge is 2.44. The first-order chi connectivity index (χ1) is 16.5. The van der Waals surface area contributed by atoms with E-state index in [9.17, 15) is 9.59 Å². The Balaban J connectivity index is 1.20. The topological polar surface area (TPSA) is 119 Å². The Morgan fingerprint density at radius 3 is 2.68 bits per heavy atom. The van der Waals surface area contributed by atoms with Gasteiger partial charge in [-0.15, -0.1) is 11.3 Å². The molecule has 1 aromatic heterocycles. The van der Waals surface area contributed by atoms with Crippen molar-refractivity contribution in [1.29, 1.82) is 5.26 Å². The molecule has 1 unspecified atom stereocenters. The summed E-state index contributed by atoms with van der Waals surface area (Å²) >= 11 is 1.61. The van der Waals surface area contributed by atoms with Crippen LogP contribution in [0, 0.1) is 17.2 Å². The average Bonchev–Trinajstić information content (AvgIpc) is 3.46. The van der Waals surface area contributed by atoms with E-state index >= 15 is 0 Å². The molecule has 0 radical (unpaired) electrons. The number of hydrogen-bond donors (Lipinski definition) is 4. The lowest BCUT2D eigenvalue weighted by Gasteiger charge is -2.23. The van der Waals surface area contributed by atoms with Gasteiger partial charge in [0.25, 0.3) is 5.91 Å². The Morgan fingerprint density at radius 1 is 1.26 bits per heavy atom. The van der Waals surface area contributed by atoms with Crippen molar-refractivity contribution in [3.05, 3.63) is 35.2 Å². The first kappa shape index (κ1) is 24.2. The highest BCUT2D eigenvalue weighted by Crippen LogP contribution is 2.34. The lowest BCUT2D eigenvalue weighted by molar-refractivity contribution is -0.122. The molecule has 2 heterocycles. The number of nitriles is 1. The van der Waals surface area contributed by atoms with E-state index in [1.54, 1.807) is 11.3 Å². The third kappa shape index (κ3) is 6.55. The molecule has 1 aromatic carbocycles. The van der Waals surface area contributed by atoms with Crippen LogP contribution in [0.4, 0.5) is 5.13 Å². The molecule has 1 saturated carbocycles. The monoisotopic (exact) mass is 480 g/mol. The molecule has 1 atom stereocenters. The van der Waals surface area contributed by atoms with Gasteiger partial charge in [-0.25, -0.2) is 4.98 Å². The number of anilines is 1. The Morgan fingerprint density at radius 2 is 2.00 bits per heavy atom. The molecule has 1 aliphatic heterocycles. The smallest absolute Gasteiger partial charge is 0.251 e. The highest BCUT2D eigenvalue weighted by molar-refractivity contribution is 7.14. The summed E-state index contributed by atoms with van der Waals surface area (Å²) in [6.45, 7) is 4.55. The molecule has 9 heteroatoms. The van der Waals surface area contributed by atoms with Gasteiger partial charge in [-0.2, -0.15) is 5.26 Å². The Labute approximate surface area is 204 Å². The standard InChI is InChI=1S/C25H32N6O2S/c1-17(14-22(32)31-25(16-26)9-10-25)6-13-28-23(33)19-4-2-18(3-5-19)21-15-34-24(30-21)29-20-7-11-27-12-8-20/h2-5,15,17,20,27H,6-14H2,1H3,(H,28,33)(H,29,30)(H,31,32). The number of piperidine rings is 1. The molecule has 34 heavy (non-hydrogen) atoms. The van der Waals surface area contributed by atoms with E-state index in [0.29, 0.717) is 31.0 Å². The van der Waals surface area contributed by atoms with Gasteiger partial charge < -0.3 is 21.3 Å². The number of nitrogens with zero attached hydrogens (tertiary/aromatic N) is 2. The minimum absolute atomic E-state index is 0.0930. The fourth-order valence-electron chi connectivity index (χ4n) is 4.07. The lowest BCUT2D eigenvalue weighted by Crippen LogP contribution is -2.36. The van der Waals surface area contributed by atoms with Crippen molar-refractivity contribution < 1.29 is 9.59 Å². The maximum atomic E-state index is 12.5. The summed E-state index contributed by atoms with van der Waals surface area (Å²) < 4.78 is 0. The molecular formula is C25H32N6O2S. The second-order valence-electron chi connectivity index (χ2n) is 9.38. The van der Waals surface area contributed by atoms with Crippen LogP contribution in [0.15, 0.2) is 29.6 Å². The van der Waals surface area contributed by atoms with Gasteiger partial charge >= 0.3 is 0 Å². The lowest BCUT2D eigenvalue weighted by atomic mass is 10.0. The molecular weight excluding hydrogens is 448 g/mol. The second kappa shape index (κ2) is 11.0. The van der Waals surface area contributed by atoms with Crippen molar-refractivity contribution in [2.75, 3.05) is 25.0 Å². The van der Waals surface area contributed by atoms with Crippen LogP contribution in [0.2, 0.25) is 0 Å². The Hall–Kier alpha value is -2.96. The molecule has 0 spiro atoms.